The summed E-state index contributed by atoms with van der Waals surface area (Å²) < 4.78 is 88.7. The fraction of sp³-hybridized carbons (Fsp3) is 0.409. The molecule has 2 aromatic rings. The number of alkyl halides is 3. The van der Waals surface area contributed by atoms with Crippen molar-refractivity contribution in [3.8, 4) is 0 Å². The smallest absolute Gasteiger partial charge is 0.348 e. The quantitative estimate of drug-likeness (QED) is 0.453. The Morgan fingerprint density at radius 1 is 1.14 bits per heavy atom. The number of nitrogens with two attached hydrogens (primary N) is 1. The Balaban J connectivity index is 1.81. The molecule has 0 radical (unpaired) electrons. The van der Waals surface area contributed by atoms with Crippen LogP contribution in [0.1, 0.15) is 34.0 Å². The summed E-state index contributed by atoms with van der Waals surface area (Å²) in [6.07, 6.45) is -4.82. The molecule has 3 rings (SSSR count). The summed E-state index contributed by atoms with van der Waals surface area (Å²) in [6, 6.07) is 5.83. The first kappa shape index (κ1) is 29.7. The van der Waals surface area contributed by atoms with Crippen LogP contribution in [0.15, 0.2) is 35.2 Å². The van der Waals surface area contributed by atoms with Crippen molar-refractivity contribution in [1.82, 2.24) is 10.2 Å². The summed E-state index contributed by atoms with van der Waals surface area (Å²) >= 11 is 12.1. The molecular formula is C22H24Cl2F3N3O5S2. The molecule has 1 aliphatic heterocycles. The normalized spacial score (nSPS) is 15.4. The molecule has 2 aromatic carbocycles. The van der Waals surface area contributed by atoms with E-state index in [2.05, 4.69) is 5.32 Å². The first-order chi connectivity index (χ1) is 17.0. The third-order valence-corrected chi connectivity index (χ3v) is 9.16. The van der Waals surface area contributed by atoms with Gasteiger partial charge in [-0.05, 0) is 47.4 Å². The highest BCUT2D eigenvalue weighted by Gasteiger charge is 2.38. The lowest BCUT2D eigenvalue weighted by molar-refractivity contribution is -0.138. The Bertz CT molecular complexity index is 1410. The molecular weight excluding hydrogens is 578 g/mol. The maximum atomic E-state index is 13.9. The molecule has 204 valence electrons. The van der Waals surface area contributed by atoms with Gasteiger partial charge in [-0.3, -0.25) is 9.69 Å². The van der Waals surface area contributed by atoms with Crippen LogP contribution in [0.2, 0.25) is 10.0 Å². The van der Waals surface area contributed by atoms with Crippen molar-refractivity contribution < 1.29 is 34.8 Å². The molecule has 1 heterocycles. The first-order valence-electron chi connectivity index (χ1n) is 10.9. The molecule has 1 saturated heterocycles. The molecule has 15 heteroatoms. The highest BCUT2D eigenvalue weighted by atomic mass is 35.5. The largest absolute Gasteiger partial charge is 0.416 e. The van der Waals surface area contributed by atoms with E-state index in [1.54, 1.807) is 4.90 Å². The lowest BCUT2D eigenvalue weighted by atomic mass is 9.98. The molecule has 8 nitrogen and oxygen atoms in total. The van der Waals surface area contributed by atoms with Gasteiger partial charge in [-0.15, -0.1) is 0 Å². The average molecular weight is 602 g/mol. The molecule has 1 fully saturated rings. The van der Waals surface area contributed by atoms with Gasteiger partial charge in [-0.1, -0.05) is 30.1 Å². The van der Waals surface area contributed by atoms with Crippen LogP contribution in [-0.4, -0.2) is 52.2 Å². The summed E-state index contributed by atoms with van der Waals surface area (Å²) in [6.45, 7) is 1.42. The third kappa shape index (κ3) is 7.58. The van der Waals surface area contributed by atoms with Gasteiger partial charge in [-0.2, -0.15) is 13.2 Å². The summed E-state index contributed by atoms with van der Waals surface area (Å²) in [5.74, 6) is -1.64. The van der Waals surface area contributed by atoms with Crippen molar-refractivity contribution in [3.63, 3.8) is 0 Å². The van der Waals surface area contributed by atoms with Gasteiger partial charge < -0.3 is 5.32 Å². The number of nitrogens with one attached hydrogen (secondary N) is 1. The van der Waals surface area contributed by atoms with Crippen LogP contribution in [0.3, 0.4) is 0 Å². The van der Waals surface area contributed by atoms with Crippen molar-refractivity contribution in [3.05, 3.63) is 62.6 Å². The minimum atomic E-state index is -4.82. The van der Waals surface area contributed by atoms with Gasteiger partial charge in [0.2, 0.25) is 10.0 Å². The van der Waals surface area contributed by atoms with Crippen LogP contribution in [-0.2, 0) is 39.1 Å². The number of hydrogen-bond acceptors (Lipinski definition) is 6. The first-order valence-corrected chi connectivity index (χ1v) is 15.0. The van der Waals surface area contributed by atoms with Gasteiger partial charge in [0, 0.05) is 41.8 Å². The number of benzene rings is 2. The monoisotopic (exact) mass is 601 g/mol. The maximum Gasteiger partial charge on any atom is 0.416 e. The second-order valence-electron chi connectivity index (χ2n) is 8.71. The van der Waals surface area contributed by atoms with Crippen LogP contribution < -0.4 is 10.5 Å². The molecule has 3 N–H and O–H groups in total. The van der Waals surface area contributed by atoms with Crippen molar-refractivity contribution in [2.24, 2.45) is 11.1 Å². The van der Waals surface area contributed by atoms with Crippen LogP contribution in [0.5, 0.6) is 0 Å². The van der Waals surface area contributed by atoms with E-state index in [-0.39, 0.29) is 75.2 Å². The van der Waals surface area contributed by atoms with Crippen molar-refractivity contribution in [2.45, 2.75) is 31.1 Å². The zero-order chi connectivity index (χ0) is 27.8. The van der Waals surface area contributed by atoms with Gasteiger partial charge in [0.1, 0.15) is 0 Å². The number of sulfonamides is 1. The van der Waals surface area contributed by atoms with Crippen molar-refractivity contribution in [2.75, 3.05) is 24.6 Å². The van der Waals surface area contributed by atoms with Gasteiger partial charge in [0.05, 0.1) is 22.0 Å². The zero-order valence-corrected chi connectivity index (χ0v) is 22.6. The van der Waals surface area contributed by atoms with Crippen LogP contribution in [0.4, 0.5) is 13.2 Å². The number of nitrogens with zero attached hydrogens (tertiary/aromatic N) is 1. The Kier molecular flexibility index (Phi) is 8.87. The highest BCUT2D eigenvalue weighted by molar-refractivity contribution is 7.91. The number of likely N-dealkylation sites (tertiary alicyclic amines) is 1. The van der Waals surface area contributed by atoms with E-state index in [0.29, 0.717) is 6.07 Å². The topological polar surface area (TPSA) is 127 Å². The fourth-order valence-corrected chi connectivity index (χ4v) is 6.53. The van der Waals surface area contributed by atoms with Gasteiger partial charge in [-0.25, -0.2) is 22.0 Å². The third-order valence-electron chi connectivity index (χ3n) is 5.82. The lowest BCUT2D eigenvalue weighted by Crippen LogP contribution is -2.49. The Morgan fingerprint density at radius 2 is 1.78 bits per heavy atom. The number of halogens is 5. The predicted octanol–water partition coefficient (Wildman–Crippen LogP) is 3.46. The summed E-state index contributed by atoms with van der Waals surface area (Å²) in [5.41, 5.74) is -1.52. The number of hydrogen-bond donors (Lipinski definition) is 2. The second-order valence-corrected chi connectivity index (χ2v) is 13.5. The number of carbonyl (C=O) groups is 1. The molecule has 0 atom stereocenters. The number of carbonyl (C=O) groups excluding carboxylic acids is 1. The Hall–Kier alpha value is -1.90. The summed E-state index contributed by atoms with van der Waals surface area (Å²) in [7, 11) is -7.34. The second kappa shape index (κ2) is 11.1. The predicted molar refractivity (Wildman–Crippen MR) is 134 cm³/mol. The molecule has 0 unspecified atom stereocenters. The van der Waals surface area contributed by atoms with Crippen LogP contribution >= 0.6 is 23.2 Å². The number of amides is 1. The number of rotatable bonds is 9. The zero-order valence-electron chi connectivity index (χ0n) is 19.5. The molecule has 0 aromatic heterocycles. The molecule has 1 aliphatic rings. The van der Waals surface area contributed by atoms with Gasteiger partial charge in [0.25, 0.3) is 5.91 Å². The Labute approximate surface area is 222 Å². The molecule has 0 bridgehead atoms. The van der Waals surface area contributed by atoms with E-state index in [1.807, 2.05) is 0 Å². The van der Waals surface area contributed by atoms with E-state index in [4.69, 9.17) is 28.3 Å². The Morgan fingerprint density at radius 3 is 2.35 bits per heavy atom. The fourth-order valence-electron chi connectivity index (χ4n) is 4.07. The van der Waals surface area contributed by atoms with E-state index in [9.17, 15) is 34.8 Å². The average Bonchev–Trinajstić information content (AvgIpc) is 2.75. The van der Waals surface area contributed by atoms with Gasteiger partial charge in [0.15, 0.2) is 9.84 Å². The summed E-state index contributed by atoms with van der Waals surface area (Å²) in [4.78, 5) is 14.3. The van der Waals surface area contributed by atoms with Crippen molar-refractivity contribution in [1.29, 1.82) is 0 Å². The van der Waals surface area contributed by atoms with E-state index >= 15 is 0 Å². The van der Waals surface area contributed by atoms with E-state index < -0.39 is 37.5 Å². The van der Waals surface area contributed by atoms with Crippen molar-refractivity contribution >= 4 is 49.0 Å². The van der Waals surface area contributed by atoms with Crippen LogP contribution in [0.25, 0.3) is 0 Å². The molecule has 0 saturated carbocycles. The van der Waals surface area contributed by atoms with Gasteiger partial charge >= 0.3 is 6.18 Å². The molecule has 0 spiro atoms. The minimum Gasteiger partial charge on any atom is -0.348 e. The molecule has 37 heavy (non-hydrogen) atoms. The van der Waals surface area contributed by atoms with Crippen LogP contribution in [0, 0.1) is 5.92 Å². The van der Waals surface area contributed by atoms with E-state index in [1.165, 1.54) is 25.1 Å². The standard InChI is InChI=1S/C22H24Cl2F3N3O5S2/c1-2-36(32,33)20-4-3-16(23)5-15(20)8-29-21(31)14-6-18(22(25,26)27)17(19(24)7-14)11-30-9-13(10-30)12-37(28,34)35/h3-7,13H,2,8-12H2,1H3,(H,29,31)(H2,28,34,35). The molecule has 0 aliphatic carbocycles. The lowest BCUT2D eigenvalue weighted by Gasteiger charge is -2.39. The van der Waals surface area contributed by atoms with E-state index in [0.717, 1.165) is 6.07 Å². The molecule has 1 amide bonds. The summed E-state index contributed by atoms with van der Waals surface area (Å²) in [5, 5.41) is 7.38. The maximum absolute atomic E-state index is 13.9. The highest BCUT2D eigenvalue weighted by Crippen LogP contribution is 2.38. The number of primary sulfonamides is 1. The number of sulfone groups is 1. The SMILES string of the molecule is CCS(=O)(=O)c1ccc(Cl)cc1CNC(=O)c1cc(Cl)c(CN2CC(CS(N)(=O)=O)C2)c(C(F)(F)F)c1. The minimum absolute atomic E-state index is 0.0423.